The molecule has 2 aliphatic carbocycles. The van der Waals surface area contributed by atoms with Gasteiger partial charge in [-0.15, -0.1) is 0 Å². The largest absolute Gasteiger partial charge is 0.398 e. The number of nitrogens with two attached hydrogens (primary N) is 1. The normalized spacial score (nSPS) is 35.0. The molecule has 2 aliphatic rings. The molecule has 0 radical (unpaired) electrons. The molecule has 2 bridgehead atoms. The monoisotopic (exact) mass is 177 g/mol. The third-order valence-corrected chi connectivity index (χ3v) is 3.47. The summed E-state index contributed by atoms with van der Waals surface area (Å²) in [7, 11) is 0. The van der Waals surface area contributed by atoms with E-state index in [1.54, 1.807) is 0 Å². The molecule has 0 amide bonds. The lowest BCUT2D eigenvalue weighted by molar-refractivity contribution is 0.303. The van der Waals surface area contributed by atoms with E-state index < -0.39 is 6.17 Å². The second-order valence-electron chi connectivity index (χ2n) is 4.14. The first-order valence-corrected chi connectivity index (χ1v) is 4.79. The van der Waals surface area contributed by atoms with Crippen LogP contribution >= 0.6 is 0 Å². The molecule has 0 aliphatic heterocycles. The number of anilines is 1. The molecule has 1 nitrogen and oxygen atoms in total. The van der Waals surface area contributed by atoms with Gasteiger partial charge in [0.05, 0.1) is 0 Å². The van der Waals surface area contributed by atoms with Crippen LogP contribution in [0.15, 0.2) is 18.2 Å². The summed E-state index contributed by atoms with van der Waals surface area (Å²) in [5.41, 5.74) is 9.15. The van der Waals surface area contributed by atoms with Gasteiger partial charge >= 0.3 is 0 Å². The molecule has 0 spiro atoms. The highest BCUT2D eigenvalue weighted by atomic mass is 19.1. The predicted molar refractivity (Wildman–Crippen MR) is 50.5 cm³/mol. The van der Waals surface area contributed by atoms with Crippen LogP contribution in [0.4, 0.5) is 10.1 Å². The van der Waals surface area contributed by atoms with Crippen molar-refractivity contribution in [1.82, 2.24) is 0 Å². The summed E-state index contributed by atoms with van der Waals surface area (Å²) in [4.78, 5) is 0. The van der Waals surface area contributed by atoms with E-state index in [-0.39, 0.29) is 5.92 Å². The molecule has 1 fully saturated rings. The fourth-order valence-electron chi connectivity index (χ4n) is 2.94. The number of hydrogen-bond donors (Lipinski definition) is 1. The minimum absolute atomic E-state index is 0.142. The van der Waals surface area contributed by atoms with Crippen LogP contribution < -0.4 is 5.73 Å². The lowest BCUT2D eigenvalue weighted by Gasteiger charge is -2.19. The topological polar surface area (TPSA) is 26.0 Å². The maximum Gasteiger partial charge on any atom is 0.108 e. The van der Waals surface area contributed by atoms with Crippen LogP contribution in [0.1, 0.15) is 35.8 Å². The van der Waals surface area contributed by atoms with Crippen molar-refractivity contribution in [3.05, 3.63) is 29.3 Å². The van der Waals surface area contributed by atoms with Gasteiger partial charge in [0.25, 0.3) is 0 Å². The molecule has 2 N–H and O–H groups in total. The molecule has 2 heteroatoms. The summed E-state index contributed by atoms with van der Waals surface area (Å²) >= 11 is 0. The number of hydrogen-bond acceptors (Lipinski definition) is 1. The molecule has 1 saturated carbocycles. The second-order valence-corrected chi connectivity index (χ2v) is 4.14. The van der Waals surface area contributed by atoms with Crippen LogP contribution in [0, 0.1) is 0 Å². The van der Waals surface area contributed by atoms with Crippen LogP contribution in [0.5, 0.6) is 0 Å². The molecule has 3 unspecified atom stereocenters. The zero-order chi connectivity index (χ0) is 9.00. The zero-order valence-corrected chi connectivity index (χ0v) is 7.33. The van der Waals surface area contributed by atoms with Crippen molar-refractivity contribution in [2.75, 3.05) is 5.73 Å². The highest BCUT2D eigenvalue weighted by Crippen LogP contribution is 2.55. The lowest BCUT2D eigenvalue weighted by atomic mass is 9.89. The number of nitrogen functional groups attached to an aromatic ring is 1. The number of halogens is 1. The summed E-state index contributed by atoms with van der Waals surface area (Å²) in [6.07, 6.45) is 1.04. The summed E-state index contributed by atoms with van der Waals surface area (Å²) in [5.74, 6) is 0.541. The van der Waals surface area contributed by atoms with Gasteiger partial charge in [-0.1, -0.05) is 12.1 Å². The van der Waals surface area contributed by atoms with Gasteiger partial charge in [-0.25, -0.2) is 4.39 Å². The summed E-state index contributed by atoms with van der Waals surface area (Å²) < 4.78 is 13.4. The molecular formula is C11H12FN. The van der Waals surface area contributed by atoms with E-state index in [2.05, 4.69) is 0 Å². The molecule has 1 aromatic carbocycles. The van der Waals surface area contributed by atoms with Crippen molar-refractivity contribution < 1.29 is 4.39 Å². The van der Waals surface area contributed by atoms with Gasteiger partial charge in [-0.05, 0) is 36.0 Å². The van der Waals surface area contributed by atoms with Crippen LogP contribution in [-0.2, 0) is 0 Å². The molecule has 3 rings (SSSR count). The van der Waals surface area contributed by atoms with E-state index in [0.29, 0.717) is 12.3 Å². The SMILES string of the molecule is Nc1cccc2c1C1CC(F)C2C1. The molecule has 3 atom stereocenters. The fraction of sp³-hybridized carbons (Fsp3) is 0.455. The fourth-order valence-corrected chi connectivity index (χ4v) is 2.94. The molecule has 13 heavy (non-hydrogen) atoms. The van der Waals surface area contributed by atoms with Crippen molar-refractivity contribution in [2.24, 2.45) is 0 Å². The molecule has 0 aromatic heterocycles. The van der Waals surface area contributed by atoms with Crippen molar-refractivity contribution in [3.63, 3.8) is 0 Å². The minimum Gasteiger partial charge on any atom is -0.398 e. The highest BCUT2D eigenvalue weighted by molar-refractivity contribution is 5.58. The van der Waals surface area contributed by atoms with Gasteiger partial charge < -0.3 is 5.73 Å². The van der Waals surface area contributed by atoms with Gasteiger partial charge in [0, 0.05) is 11.6 Å². The van der Waals surface area contributed by atoms with Crippen molar-refractivity contribution in [3.8, 4) is 0 Å². The number of benzene rings is 1. The second kappa shape index (κ2) is 2.25. The molecule has 0 saturated heterocycles. The van der Waals surface area contributed by atoms with Gasteiger partial charge in [-0.3, -0.25) is 0 Å². The Kier molecular flexibility index (Phi) is 1.27. The van der Waals surface area contributed by atoms with Crippen molar-refractivity contribution >= 4 is 5.69 Å². The zero-order valence-electron chi connectivity index (χ0n) is 7.33. The van der Waals surface area contributed by atoms with Gasteiger partial charge in [0.15, 0.2) is 0 Å². The molecule has 0 heterocycles. The van der Waals surface area contributed by atoms with Crippen molar-refractivity contribution in [2.45, 2.75) is 30.8 Å². The Hall–Kier alpha value is -1.05. The number of rotatable bonds is 0. The standard InChI is InChI=1S/C11H12FN/c12-9-5-6-4-8(9)7-2-1-3-10(13)11(6)7/h1-3,6,8-9H,4-5,13H2. The molecule has 1 aromatic rings. The maximum absolute atomic E-state index is 13.4. The van der Waals surface area contributed by atoms with E-state index in [0.717, 1.165) is 12.1 Å². The third-order valence-electron chi connectivity index (χ3n) is 3.47. The first-order valence-electron chi connectivity index (χ1n) is 4.79. The van der Waals surface area contributed by atoms with Gasteiger partial charge in [0.2, 0.25) is 0 Å². The predicted octanol–water partition coefficient (Wildman–Crippen LogP) is 2.58. The van der Waals surface area contributed by atoms with Crippen LogP contribution in [0.25, 0.3) is 0 Å². The van der Waals surface area contributed by atoms with E-state index in [9.17, 15) is 4.39 Å². The van der Waals surface area contributed by atoms with Crippen LogP contribution in [-0.4, -0.2) is 6.17 Å². The Balaban J connectivity index is 2.21. The van der Waals surface area contributed by atoms with E-state index >= 15 is 0 Å². The number of fused-ring (bicyclic) bond motifs is 5. The maximum atomic E-state index is 13.4. The summed E-state index contributed by atoms with van der Waals surface area (Å²) in [6.45, 7) is 0. The first-order chi connectivity index (χ1) is 6.27. The quantitative estimate of drug-likeness (QED) is 0.605. The Morgan fingerprint density at radius 3 is 3.00 bits per heavy atom. The van der Waals surface area contributed by atoms with E-state index in [1.807, 2.05) is 18.2 Å². The minimum atomic E-state index is -0.626. The Morgan fingerprint density at radius 2 is 2.15 bits per heavy atom. The summed E-state index contributed by atoms with van der Waals surface area (Å²) in [5, 5.41) is 0. The average molecular weight is 177 g/mol. The lowest BCUT2D eigenvalue weighted by Crippen LogP contribution is -2.12. The Morgan fingerprint density at radius 1 is 1.31 bits per heavy atom. The van der Waals surface area contributed by atoms with Gasteiger partial charge in [0.1, 0.15) is 6.17 Å². The molecule has 68 valence electrons. The highest BCUT2D eigenvalue weighted by Gasteiger charge is 2.44. The van der Waals surface area contributed by atoms with Crippen LogP contribution in [0.2, 0.25) is 0 Å². The van der Waals surface area contributed by atoms with E-state index in [1.165, 1.54) is 11.1 Å². The van der Waals surface area contributed by atoms with E-state index in [4.69, 9.17) is 5.73 Å². The first kappa shape index (κ1) is 7.36. The Labute approximate surface area is 76.7 Å². The third kappa shape index (κ3) is 0.808. The van der Waals surface area contributed by atoms with Crippen molar-refractivity contribution in [1.29, 1.82) is 0 Å². The number of alkyl halides is 1. The van der Waals surface area contributed by atoms with Crippen LogP contribution in [0.3, 0.4) is 0 Å². The Bertz CT molecular complexity index is 361. The average Bonchev–Trinajstić information content (AvgIpc) is 2.61. The van der Waals surface area contributed by atoms with Gasteiger partial charge in [-0.2, -0.15) is 0 Å². The molecular weight excluding hydrogens is 165 g/mol. The summed E-state index contributed by atoms with van der Waals surface area (Å²) in [6, 6.07) is 5.89. The smallest absolute Gasteiger partial charge is 0.108 e.